The normalized spacial score (nSPS) is 15.7. The lowest BCUT2D eigenvalue weighted by molar-refractivity contribution is -0.128. The molecule has 0 unspecified atom stereocenters. The van der Waals surface area contributed by atoms with Crippen LogP contribution < -0.4 is 11.1 Å². The van der Waals surface area contributed by atoms with Crippen molar-refractivity contribution in [1.29, 1.82) is 0 Å². The number of rotatable bonds is 3. The van der Waals surface area contributed by atoms with Crippen molar-refractivity contribution < 1.29 is 4.79 Å². The number of aryl methyl sites for hydroxylation is 1. The number of benzene rings is 1. The molecule has 1 aliphatic rings. The number of anilines is 1. The molecule has 0 bridgehead atoms. The molecule has 1 aliphatic heterocycles. The van der Waals surface area contributed by atoms with Crippen molar-refractivity contribution in [2.75, 3.05) is 37.7 Å². The van der Waals surface area contributed by atoms with E-state index in [0.717, 1.165) is 42.3 Å². The molecular formula is C13H19N3OS. The van der Waals surface area contributed by atoms with Crippen LogP contribution in [0.3, 0.4) is 0 Å². The van der Waals surface area contributed by atoms with Crippen LogP contribution in [0.25, 0.3) is 0 Å². The third-order valence-corrected chi connectivity index (χ3v) is 4.05. The Hall–Kier alpha value is -1.20. The Morgan fingerprint density at radius 1 is 1.44 bits per heavy atom. The van der Waals surface area contributed by atoms with Gasteiger partial charge in [-0.3, -0.25) is 4.79 Å². The topological polar surface area (TPSA) is 58.4 Å². The molecule has 0 saturated carbocycles. The first-order valence-corrected chi connectivity index (χ1v) is 7.13. The molecule has 1 aromatic rings. The van der Waals surface area contributed by atoms with Crippen LogP contribution in [-0.2, 0) is 4.79 Å². The van der Waals surface area contributed by atoms with E-state index < -0.39 is 0 Å². The van der Waals surface area contributed by atoms with Crippen LogP contribution in [-0.4, -0.2) is 42.7 Å². The van der Waals surface area contributed by atoms with Crippen LogP contribution >= 0.6 is 11.8 Å². The van der Waals surface area contributed by atoms with Gasteiger partial charge in [0, 0.05) is 36.8 Å². The van der Waals surface area contributed by atoms with Crippen molar-refractivity contribution in [1.82, 2.24) is 10.2 Å². The third-order valence-electron chi connectivity index (χ3n) is 3.07. The zero-order chi connectivity index (χ0) is 13.0. The largest absolute Gasteiger partial charge is 0.399 e. The molecule has 1 heterocycles. The lowest BCUT2D eigenvalue weighted by atomic mass is 10.2. The molecule has 0 atom stereocenters. The minimum Gasteiger partial charge on any atom is -0.399 e. The standard InChI is InChI=1S/C13H19N3OS/c1-10-8-11(2-3-12(10)14)18-9-13(17)16-6-4-15-5-7-16/h2-3,8,15H,4-7,9,14H2,1H3. The molecule has 1 amide bonds. The average molecular weight is 265 g/mol. The first-order valence-electron chi connectivity index (χ1n) is 6.14. The summed E-state index contributed by atoms with van der Waals surface area (Å²) >= 11 is 1.58. The Bertz CT molecular complexity index is 430. The Morgan fingerprint density at radius 2 is 2.17 bits per heavy atom. The zero-order valence-electron chi connectivity index (χ0n) is 10.6. The van der Waals surface area contributed by atoms with Gasteiger partial charge in [0.1, 0.15) is 0 Å². The van der Waals surface area contributed by atoms with Gasteiger partial charge < -0.3 is 16.0 Å². The van der Waals surface area contributed by atoms with Gasteiger partial charge in [-0.05, 0) is 30.7 Å². The van der Waals surface area contributed by atoms with Crippen molar-refractivity contribution in [2.45, 2.75) is 11.8 Å². The molecule has 1 aromatic carbocycles. The van der Waals surface area contributed by atoms with E-state index in [1.165, 1.54) is 0 Å². The van der Waals surface area contributed by atoms with Crippen molar-refractivity contribution in [3.05, 3.63) is 23.8 Å². The minimum absolute atomic E-state index is 0.218. The van der Waals surface area contributed by atoms with E-state index in [4.69, 9.17) is 5.73 Å². The maximum atomic E-state index is 12.0. The fraction of sp³-hybridized carbons (Fsp3) is 0.462. The number of nitrogens with zero attached hydrogens (tertiary/aromatic N) is 1. The van der Waals surface area contributed by atoms with Crippen LogP contribution in [0.1, 0.15) is 5.56 Å². The fourth-order valence-corrected chi connectivity index (χ4v) is 2.79. The highest BCUT2D eigenvalue weighted by Gasteiger charge is 2.15. The second-order valence-electron chi connectivity index (χ2n) is 4.44. The molecule has 3 N–H and O–H groups in total. The Morgan fingerprint density at radius 3 is 2.83 bits per heavy atom. The fourth-order valence-electron chi connectivity index (χ4n) is 1.89. The van der Waals surface area contributed by atoms with E-state index in [1.807, 2.05) is 30.0 Å². The van der Waals surface area contributed by atoms with Crippen molar-refractivity contribution >= 4 is 23.4 Å². The summed E-state index contributed by atoms with van der Waals surface area (Å²) in [5, 5.41) is 3.24. The van der Waals surface area contributed by atoms with Gasteiger partial charge >= 0.3 is 0 Å². The third kappa shape index (κ3) is 3.40. The number of thioether (sulfide) groups is 1. The van der Waals surface area contributed by atoms with Crippen LogP contribution in [0, 0.1) is 6.92 Å². The number of nitrogens with one attached hydrogen (secondary N) is 1. The van der Waals surface area contributed by atoms with Gasteiger partial charge in [0.05, 0.1) is 5.75 Å². The van der Waals surface area contributed by atoms with E-state index in [2.05, 4.69) is 5.32 Å². The van der Waals surface area contributed by atoms with Gasteiger partial charge in [-0.2, -0.15) is 0 Å². The van der Waals surface area contributed by atoms with Gasteiger partial charge in [0.25, 0.3) is 0 Å². The number of hydrogen-bond donors (Lipinski definition) is 2. The lowest BCUT2D eigenvalue weighted by Gasteiger charge is -2.27. The number of hydrogen-bond acceptors (Lipinski definition) is 4. The molecule has 0 aliphatic carbocycles. The SMILES string of the molecule is Cc1cc(SCC(=O)N2CCNCC2)ccc1N. The Labute approximate surface area is 112 Å². The minimum atomic E-state index is 0.218. The summed E-state index contributed by atoms with van der Waals surface area (Å²) in [7, 11) is 0. The number of carbonyl (C=O) groups is 1. The summed E-state index contributed by atoms with van der Waals surface area (Å²) in [4.78, 5) is 15.0. The Balaban J connectivity index is 1.86. The molecule has 0 aromatic heterocycles. The number of carbonyl (C=O) groups excluding carboxylic acids is 1. The van der Waals surface area contributed by atoms with Crippen LogP contribution in [0.15, 0.2) is 23.1 Å². The van der Waals surface area contributed by atoms with E-state index in [-0.39, 0.29) is 5.91 Å². The predicted molar refractivity (Wildman–Crippen MR) is 75.8 cm³/mol. The van der Waals surface area contributed by atoms with Gasteiger partial charge in [0.2, 0.25) is 5.91 Å². The highest BCUT2D eigenvalue weighted by atomic mass is 32.2. The molecule has 0 spiro atoms. The highest BCUT2D eigenvalue weighted by Crippen LogP contribution is 2.22. The predicted octanol–water partition coefficient (Wildman–Crippen LogP) is 1.10. The maximum absolute atomic E-state index is 12.0. The molecule has 5 heteroatoms. The van der Waals surface area contributed by atoms with E-state index in [0.29, 0.717) is 5.75 Å². The van der Waals surface area contributed by atoms with Crippen LogP contribution in [0.2, 0.25) is 0 Å². The smallest absolute Gasteiger partial charge is 0.233 e. The van der Waals surface area contributed by atoms with Gasteiger partial charge in [-0.15, -0.1) is 11.8 Å². The molecule has 0 radical (unpaired) electrons. The average Bonchev–Trinajstić information content (AvgIpc) is 2.41. The van der Waals surface area contributed by atoms with Gasteiger partial charge in [-0.1, -0.05) is 0 Å². The Kier molecular flexibility index (Phi) is 4.49. The molecule has 18 heavy (non-hydrogen) atoms. The number of nitrogens with two attached hydrogens (primary N) is 1. The van der Waals surface area contributed by atoms with Crippen molar-refractivity contribution in [3.8, 4) is 0 Å². The summed E-state index contributed by atoms with van der Waals surface area (Å²) in [6.07, 6.45) is 0. The van der Waals surface area contributed by atoms with E-state index in [1.54, 1.807) is 11.8 Å². The molecular weight excluding hydrogens is 246 g/mol. The second kappa shape index (κ2) is 6.11. The molecule has 1 fully saturated rings. The maximum Gasteiger partial charge on any atom is 0.233 e. The van der Waals surface area contributed by atoms with E-state index >= 15 is 0 Å². The quantitative estimate of drug-likeness (QED) is 0.635. The van der Waals surface area contributed by atoms with Crippen molar-refractivity contribution in [2.24, 2.45) is 0 Å². The van der Waals surface area contributed by atoms with Crippen LogP contribution in [0.4, 0.5) is 5.69 Å². The first-order chi connectivity index (χ1) is 8.66. The number of amides is 1. The lowest BCUT2D eigenvalue weighted by Crippen LogP contribution is -2.47. The van der Waals surface area contributed by atoms with Gasteiger partial charge in [0.15, 0.2) is 0 Å². The highest BCUT2D eigenvalue weighted by molar-refractivity contribution is 8.00. The van der Waals surface area contributed by atoms with Crippen LogP contribution in [0.5, 0.6) is 0 Å². The summed E-state index contributed by atoms with van der Waals surface area (Å²) in [6, 6.07) is 5.90. The first kappa shape index (κ1) is 13.2. The molecule has 98 valence electrons. The summed E-state index contributed by atoms with van der Waals surface area (Å²) in [6.45, 7) is 5.42. The second-order valence-corrected chi connectivity index (χ2v) is 5.49. The zero-order valence-corrected chi connectivity index (χ0v) is 11.4. The monoisotopic (exact) mass is 265 g/mol. The van der Waals surface area contributed by atoms with Crippen molar-refractivity contribution in [3.63, 3.8) is 0 Å². The summed E-state index contributed by atoms with van der Waals surface area (Å²) < 4.78 is 0. The number of nitrogen functional groups attached to an aromatic ring is 1. The molecule has 2 rings (SSSR count). The molecule has 1 saturated heterocycles. The summed E-state index contributed by atoms with van der Waals surface area (Å²) in [5.41, 5.74) is 7.63. The van der Waals surface area contributed by atoms with Gasteiger partial charge in [-0.25, -0.2) is 0 Å². The molecule has 4 nitrogen and oxygen atoms in total. The van der Waals surface area contributed by atoms with E-state index in [9.17, 15) is 4.79 Å². The number of piperazine rings is 1. The summed E-state index contributed by atoms with van der Waals surface area (Å²) in [5.74, 6) is 0.722.